The molecule has 1 aromatic heterocycles. The molecular weight excluding hydrogens is 275 g/mol. The van der Waals surface area contributed by atoms with Gasteiger partial charge in [-0.2, -0.15) is 0 Å². The van der Waals surface area contributed by atoms with E-state index in [0.717, 1.165) is 10.9 Å². The Morgan fingerprint density at radius 2 is 2.10 bits per heavy atom. The van der Waals surface area contributed by atoms with Gasteiger partial charge in [-0.1, -0.05) is 19.9 Å². The van der Waals surface area contributed by atoms with Crippen LogP contribution in [0.3, 0.4) is 0 Å². The van der Waals surface area contributed by atoms with E-state index >= 15 is 0 Å². The molecule has 0 aliphatic heterocycles. The number of nitrogens with one attached hydrogen (secondary N) is 1. The highest BCUT2D eigenvalue weighted by atomic mass is 32.1. The van der Waals surface area contributed by atoms with Crippen LogP contribution in [0.15, 0.2) is 35.7 Å². The standard InChI is InChI=1S/C15H17FN2OS/c1-9(2)14(13-4-3-7-20-13)18-15(19)11-6-5-10(17)8-12(11)16/h3-9,14H,17H2,1-2H3,(H,18,19). The molecule has 1 unspecified atom stereocenters. The van der Waals surface area contributed by atoms with Crippen molar-refractivity contribution in [3.05, 3.63) is 52.0 Å². The maximum atomic E-state index is 13.8. The number of rotatable bonds is 4. The highest BCUT2D eigenvalue weighted by Gasteiger charge is 2.21. The summed E-state index contributed by atoms with van der Waals surface area (Å²) in [5, 5.41) is 4.85. The topological polar surface area (TPSA) is 55.1 Å². The molecule has 3 N–H and O–H groups in total. The van der Waals surface area contributed by atoms with E-state index in [-0.39, 0.29) is 17.5 Å². The van der Waals surface area contributed by atoms with E-state index in [9.17, 15) is 9.18 Å². The average Bonchev–Trinajstić information content (AvgIpc) is 2.88. The van der Waals surface area contributed by atoms with Gasteiger partial charge in [-0.3, -0.25) is 4.79 Å². The third-order valence-corrected chi connectivity index (χ3v) is 4.00. The maximum absolute atomic E-state index is 13.8. The molecule has 1 atom stereocenters. The van der Waals surface area contributed by atoms with Crippen molar-refractivity contribution in [3.63, 3.8) is 0 Å². The molecule has 0 bridgehead atoms. The van der Waals surface area contributed by atoms with Crippen molar-refractivity contribution in [1.82, 2.24) is 5.32 Å². The van der Waals surface area contributed by atoms with Crippen molar-refractivity contribution in [3.8, 4) is 0 Å². The third-order valence-electron chi connectivity index (χ3n) is 3.04. The van der Waals surface area contributed by atoms with Crippen LogP contribution in [0.5, 0.6) is 0 Å². The van der Waals surface area contributed by atoms with Gasteiger partial charge in [0.1, 0.15) is 5.82 Å². The number of benzene rings is 1. The van der Waals surface area contributed by atoms with Gasteiger partial charge in [-0.25, -0.2) is 4.39 Å². The largest absolute Gasteiger partial charge is 0.399 e. The summed E-state index contributed by atoms with van der Waals surface area (Å²) in [4.78, 5) is 13.3. The van der Waals surface area contributed by atoms with Gasteiger partial charge in [0.25, 0.3) is 5.91 Å². The number of hydrogen-bond donors (Lipinski definition) is 2. The molecule has 2 rings (SSSR count). The summed E-state index contributed by atoms with van der Waals surface area (Å²) in [5.41, 5.74) is 5.80. The number of carbonyl (C=O) groups excluding carboxylic acids is 1. The molecule has 0 aliphatic carbocycles. The summed E-state index contributed by atoms with van der Waals surface area (Å²) in [6.45, 7) is 4.04. The summed E-state index contributed by atoms with van der Waals surface area (Å²) in [6, 6.07) is 7.86. The first-order valence-electron chi connectivity index (χ1n) is 6.38. The molecule has 5 heteroatoms. The smallest absolute Gasteiger partial charge is 0.254 e. The molecule has 1 aromatic carbocycles. The Hall–Kier alpha value is -1.88. The van der Waals surface area contributed by atoms with Gasteiger partial charge in [0.2, 0.25) is 0 Å². The second-order valence-corrected chi connectivity index (χ2v) is 5.93. The highest BCUT2D eigenvalue weighted by molar-refractivity contribution is 7.10. The Labute approximate surface area is 121 Å². The lowest BCUT2D eigenvalue weighted by Gasteiger charge is -2.21. The molecule has 1 amide bonds. The number of nitrogen functional groups attached to an aromatic ring is 1. The summed E-state index contributed by atoms with van der Waals surface area (Å²) < 4.78 is 13.8. The fourth-order valence-corrected chi connectivity index (χ4v) is 2.92. The van der Waals surface area contributed by atoms with Crippen LogP contribution in [0.2, 0.25) is 0 Å². The second-order valence-electron chi connectivity index (χ2n) is 4.95. The van der Waals surface area contributed by atoms with Gasteiger partial charge in [0.15, 0.2) is 0 Å². The zero-order valence-corrected chi connectivity index (χ0v) is 12.2. The SMILES string of the molecule is CC(C)C(NC(=O)c1ccc(N)cc1F)c1cccs1. The zero-order chi connectivity index (χ0) is 14.7. The minimum Gasteiger partial charge on any atom is -0.399 e. The van der Waals surface area contributed by atoms with Gasteiger partial charge in [-0.15, -0.1) is 11.3 Å². The average molecular weight is 292 g/mol. The van der Waals surface area contributed by atoms with Crippen molar-refractivity contribution in [2.75, 3.05) is 5.73 Å². The van der Waals surface area contributed by atoms with Gasteiger partial charge in [0.05, 0.1) is 11.6 Å². The van der Waals surface area contributed by atoms with Crippen LogP contribution in [-0.4, -0.2) is 5.91 Å². The number of hydrogen-bond acceptors (Lipinski definition) is 3. The van der Waals surface area contributed by atoms with E-state index in [2.05, 4.69) is 5.32 Å². The Bertz CT molecular complexity index is 596. The Balaban J connectivity index is 2.21. The van der Waals surface area contributed by atoms with E-state index in [1.165, 1.54) is 12.1 Å². The molecule has 0 radical (unpaired) electrons. The quantitative estimate of drug-likeness (QED) is 0.846. The summed E-state index contributed by atoms with van der Waals surface area (Å²) >= 11 is 1.57. The molecular formula is C15H17FN2OS. The lowest BCUT2D eigenvalue weighted by atomic mass is 10.0. The lowest BCUT2D eigenvalue weighted by molar-refractivity contribution is 0.0922. The minimum absolute atomic E-state index is 0.0152. The van der Waals surface area contributed by atoms with E-state index in [1.54, 1.807) is 11.3 Å². The van der Waals surface area contributed by atoms with Crippen molar-refractivity contribution < 1.29 is 9.18 Å². The molecule has 0 saturated heterocycles. The van der Waals surface area contributed by atoms with E-state index in [4.69, 9.17) is 5.73 Å². The first-order chi connectivity index (χ1) is 9.49. The molecule has 0 fully saturated rings. The first kappa shape index (κ1) is 14.5. The number of halogens is 1. The fraction of sp³-hybridized carbons (Fsp3) is 0.267. The summed E-state index contributed by atoms with van der Waals surface area (Å²) in [5.74, 6) is -0.805. The third kappa shape index (κ3) is 3.17. The van der Waals surface area contributed by atoms with Crippen molar-refractivity contribution in [1.29, 1.82) is 0 Å². The van der Waals surface area contributed by atoms with Crippen LogP contribution in [0.25, 0.3) is 0 Å². The minimum atomic E-state index is -0.601. The van der Waals surface area contributed by atoms with Crippen molar-refractivity contribution >= 4 is 22.9 Å². The van der Waals surface area contributed by atoms with Gasteiger partial charge in [0, 0.05) is 10.6 Å². The fourth-order valence-electron chi connectivity index (χ4n) is 1.97. The molecule has 3 nitrogen and oxygen atoms in total. The number of nitrogens with two attached hydrogens (primary N) is 1. The molecule has 106 valence electrons. The highest BCUT2D eigenvalue weighted by Crippen LogP contribution is 2.26. The van der Waals surface area contributed by atoms with Crippen LogP contribution >= 0.6 is 11.3 Å². The number of thiophene rings is 1. The number of anilines is 1. The number of amides is 1. The van der Waals surface area contributed by atoms with Crippen molar-refractivity contribution in [2.45, 2.75) is 19.9 Å². The molecule has 0 spiro atoms. The van der Waals surface area contributed by atoms with Gasteiger partial charge >= 0.3 is 0 Å². The van der Waals surface area contributed by atoms with E-state index in [0.29, 0.717) is 5.69 Å². The van der Waals surface area contributed by atoms with Crippen LogP contribution in [0.1, 0.15) is 35.1 Å². The lowest BCUT2D eigenvalue weighted by Crippen LogP contribution is -2.31. The van der Waals surface area contributed by atoms with Gasteiger partial charge in [-0.05, 0) is 35.6 Å². The predicted octanol–water partition coefficient (Wildman–Crippen LogP) is 3.60. The van der Waals surface area contributed by atoms with Crippen molar-refractivity contribution in [2.24, 2.45) is 5.92 Å². The molecule has 2 aromatic rings. The van der Waals surface area contributed by atoms with Crippen LogP contribution in [0.4, 0.5) is 10.1 Å². The van der Waals surface area contributed by atoms with Crippen LogP contribution in [-0.2, 0) is 0 Å². The van der Waals surface area contributed by atoms with Gasteiger partial charge < -0.3 is 11.1 Å². The molecule has 0 saturated carbocycles. The Morgan fingerprint density at radius 3 is 2.65 bits per heavy atom. The molecule has 0 aliphatic rings. The normalized spacial score (nSPS) is 12.4. The summed E-state index contributed by atoms with van der Waals surface area (Å²) in [7, 11) is 0. The van der Waals surface area contributed by atoms with Crippen LogP contribution < -0.4 is 11.1 Å². The molecule has 1 heterocycles. The Morgan fingerprint density at radius 1 is 1.35 bits per heavy atom. The zero-order valence-electron chi connectivity index (χ0n) is 11.4. The maximum Gasteiger partial charge on any atom is 0.254 e. The second kappa shape index (κ2) is 6.05. The van der Waals surface area contributed by atoms with E-state index < -0.39 is 11.7 Å². The monoisotopic (exact) mass is 292 g/mol. The first-order valence-corrected chi connectivity index (χ1v) is 7.26. The Kier molecular flexibility index (Phi) is 4.39. The van der Waals surface area contributed by atoms with E-state index in [1.807, 2.05) is 31.4 Å². The number of carbonyl (C=O) groups is 1. The van der Waals surface area contributed by atoms with Crippen LogP contribution in [0, 0.1) is 11.7 Å². The molecule has 20 heavy (non-hydrogen) atoms. The predicted molar refractivity (Wildman–Crippen MR) is 80.2 cm³/mol. The summed E-state index contributed by atoms with van der Waals surface area (Å²) in [6.07, 6.45) is 0.